The van der Waals surface area contributed by atoms with Crippen LogP contribution >= 0.6 is 0 Å². The number of ether oxygens (including phenoxy) is 3. The van der Waals surface area contributed by atoms with Crippen LogP contribution in [0.25, 0.3) is 21.7 Å². The zero-order valence-corrected chi connectivity index (χ0v) is 20.2. The van der Waals surface area contributed by atoms with Crippen molar-refractivity contribution in [3.63, 3.8) is 0 Å². The van der Waals surface area contributed by atoms with E-state index in [1.54, 1.807) is 17.7 Å². The molecule has 1 amide bonds. The summed E-state index contributed by atoms with van der Waals surface area (Å²) in [5.41, 5.74) is 0.962. The Hall–Kier alpha value is -4.85. The summed E-state index contributed by atoms with van der Waals surface area (Å²) in [5, 5.41) is 21.5. The smallest absolute Gasteiger partial charge is 0.302 e. The summed E-state index contributed by atoms with van der Waals surface area (Å²) >= 11 is 0. The fourth-order valence-corrected chi connectivity index (χ4v) is 4.12. The Morgan fingerprint density at radius 2 is 1.59 bits per heavy atom. The Labute approximate surface area is 213 Å². The number of hydrogen-bond donors (Lipinski definition) is 1. The van der Waals surface area contributed by atoms with E-state index in [4.69, 9.17) is 14.2 Å². The highest BCUT2D eigenvalue weighted by molar-refractivity contribution is 5.95. The molecule has 0 atom stereocenters. The van der Waals surface area contributed by atoms with Gasteiger partial charge in [0.2, 0.25) is 5.88 Å². The molecular formula is C29H25N3O5. The molecule has 1 aromatic heterocycles. The molecule has 8 nitrogen and oxygen atoms in total. The molecule has 4 aromatic carbocycles. The molecular weight excluding hydrogens is 470 g/mol. The Morgan fingerprint density at radius 3 is 2.43 bits per heavy atom. The third-order valence-corrected chi connectivity index (χ3v) is 5.90. The number of hydrogen-bond acceptors (Lipinski definition) is 6. The molecule has 0 saturated heterocycles. The average Bonchev–Trinajstić information content (AvgIpc) is 3.21. The van der Waals surface area contributed by atoms with Gasteiger partial charge in [-0.05, 0) is 41.1 Å². The van der Waals surface area contributed by atoms with E-state index < -0.39 is 5.91 Å². The van der Waals surface area contributed by atoms with E-state index in [9.17, 15) is 9.90 Å². The van der Waals surface area contributed by atoms with Crippen LogP contribution in [0.3, 0.4) is 0 Å². The molecule has 0 aliphatic rings. The Balaban J connectivity index is 1.28. The van der Waals surface area contributed by atoms with Crippen LogP contribution in [0.4, 0.5) is 5.69 Å². The molecule has 0 bridgehead atoms. The van der Waals surface area contributed by atoms with Crippen molar-refractivity contribution in [3.05, 3.63) is 91.0 Å². The summed E-state index contributed by atoms with van der Waals surface area (Å²) < 4.78 is 18.5. The maximum absolute atomic E-state index is 12.4. The van der Waals surface area contributed by atoms with Gasteiger partial charge in [0.25, 0.3) is 0 Å². The van der Waals surface area contributed by atoms with E-state index in [1.165, 1.54) is 0 Å². The predicted octanol–water partition coefficient (Wildman–Crippen LogP) is 6.28. The normalized spacial score (nSPS) is 11.3. The lowest BCUT2D eigenvalue weighted by atomic mass is 10.1. The third kappa shape index (κ3) is 5.23. The first kappa shape index (κ1) is 23.9. The largest absolute Gasteiger partial charge is 0.493 e. The summed E-state index contributed by atoms with van der Waals surface area (Å²) in [7, 11) is 1.58. The number of benzene rings is 4. The third-order valence-electron chi connectivity index (χ3n) is 5.90. The second-order valence-corrected chi connectivity index (χ2v) is 8.23. The van der Waals surface area contributed by atoms with Crippen LogP contribution in [0.1, 0.15) is 0 Å². The summed E-state index contributed by atoms with van der Waals surface area (Å²) in [4.78, 5) is 12.4. The van der Waals surface area contributed by atoms with Crippen molar-refractivity contribution >= 4 is 33.3 Å². The lowest BCUT2D eigenvalue weighted by Crippen LogP contribution is -2.08. The molecule has 5 aromatic rings. The van der Waals surface area contributed by atoms with Crippen molar-refractivity contribution in [2.75, 3.05) is 20.3 Å². The van der Waals surface area contributed by atoms with Crippen molar-refractivity contribution in [1.82, 2.24) is 4.57 Å². The molecule has 1 N–H and O–H groups in total. The average molecular weight is 496 g/mol. The van der Waals surface area contributed by atoms with Crippen molar-refractivity contribution in [2.24, 2.45) is 10.2 Å². The van der Waals surface area contributed by atoms with Gasteiger partial charge >= 0.3 is 5.91 Å². The van der Waals surface area contributed by atoms with E-state index in [1.807, 2.05) is 84.9 Å². The second-order valence-electron chi connectivity index (χ2n) is 8.23. The molecule has 0 radical (unpaired) electrons. The molecule has 0 saturated carbocycles. The molecule has 5 rings (SSSR count). The van der Waals surface area contributed by atoms with E-state index >= 15 is 0 Å². The number of amides is 1. The van der Waals surface area contributed by atoms with E-state index in [0.717, 1.165) is 16.3 Å². The fraction of sp³-hybridized carbons (Fsp3) is 0.138. The van der Waals surface area contributed by atoms with Gasteiger partial charge in [-0.25, -0.2) is 0 Å². The molecule has 0 unspecified atom stereocenters. The minimum atomic E-state index is -0.566. The summed E-state index contributed by atoms with van der Waals surface area (Å²) in [6, 6.07) is 28.2. The van der Waals surface area contributed by atoms with Gasteiger partial charge in [0.1, 0.15) is 12.4 Å². The number of nitrogens with zero attached hydrogens (tertiary/aromatic N) is 3. The molecule has 186 valence electrons. The molecule has 8 heteroatoms. The first-order valence-electron chi connectivity index (χ1n) is 11.8. The molecule has 1 heterocycles. The predicted molar refractivity (Wildman–Crippen MR) is 141 cm³/mol. The van der Waals surface area contributed by atoms with Crippen LogP contribution in [0.5, 0.6) is 23.1 Å². The highest BCUT2D eigenvalue weighted by Crippen LogP contribution is 2.39. The number of fused-ring (bicyclic) bond motifs is 2. The van der Waals surface area contributed by atoms with Crippen LogP contribution in [0.15, 0.2) is 101 Å². The van der Waals surface area contributed by atoms with Gasteiger partial charge in [-0.3, -0.25) is 4.79 Å². The maximum Gasteiger partial charge on any atom is 0.302 e. The first-order valence-corrected chi connectivity index (χ1v) is 11.8. The number of methoxy groups -OCH3 is 1. The van der Waals surface area contributed by atoms with Crippen LogP contribution in [0.2, 0.25) is 0 Å². The van der Waals surface area contributed by atoms with E-state index in [-0.39, 0.29) is 24.8 Å². The molecule has 0 aliphatic heterocycles. The molecule has 0 aliphatic carbocycles. The van der Waals surface area contributed by atoms with Crippen LogP contribution < -0.4 is 14.2 Å². The Kier molecular flexibility index (Phi) is 6.98. The first-order chi connectivity index (χ1) is 18.1. The van der Waals surface area contributed by atoms with E-state index in [2.05, 4.69) is 10.2 Å². The van der Waals surface area contributed by atoms with E-state index in [0.29, 0.717) is 29.2 Å². The summed E-state index contributed by atoms with van der Waals surface area (Å²) in [6.07, 6.45) is 0. The number of aromatic hydroxyl groups is 1. The lowest BCUT2D eigenvalue weighted by molar-refractivity contribution is -0.120. The standard InChI is InChI=1S/C29H25N3O5/c1-35-25-12-6-7-13-26(25)36-17-16-32-24-11-5-4-10-23(24)28(29(32)34)31-30-27(33)19-37-22-15-14-20-8-2-3-9-21(20)18-22/h2-15,18,34H,16-17,19H2,1H3. The highest BCUT2D eigenvalue weighted by atomic mass is 16.5. The zero-order valence-electron chi connectivity index (χ0n) is 20.2. The highest BCUT2D eigenvalue weighted by Gasteiger charge is 2.17. The number of carbonyl (C=O) groups is 1. The molecule has 37 heavy (non-hydrogen) atoms. The minimum Gasteiger partial charge on any atom is -0.493 e. The molecule has 0 spiro atoms. The quantitative estimate of drug-likeness (QED) is 0.243. The maximum atomic E-state index is 12.4. The lowest BCUT2D eigenvalue weighted by Gasteiger charge is -2.11. The van der Waals surface area contributed by atoms with Gasteiger partial charge in [-0.2, -0.15) is 0 Å². The van der Waals surface area contributed by atoms with Gasteiger partial charge in [-0.15, -0.1) is 10.2 Å². The second kappa shape index (κ2) is 10.8. The molecule has 0 fully saturated rings. The van der Waals surface area contributed by atoms with Gasteiger partial charge in [0.05, 0.1) is 19.2 Å². The SMILES string of the molecule is COc1ccccc1OCCn1c(O)c(N=NC(=O)COc2ccc3ccccc3c2)c2ccccc21. The van der Waals surface area contributed by atoms with Crippen molar-refractivity contribution in [1.29, 1.82) is 0 Å². The number of carbonyl (C=O) groups excluding carboxylic acids is 1. The van der Waals surface area contributed by atoms with Crippen LogP contribution in [0, 0.1) is 0 Å². The van der Waals surface area contributed by atoms with Crippen LogP contribution in [-0.2, 0) is 11.3 Å². The number of azo groups is 1. The van der Waals surface area contributed by atoms with Gasteiger partial charge in [-0.1, -0.05) is 60.7 Å². The fourth-order valence-electron chi connectivity index (χ4n) is 4.12. The number of aromatic nitrogens is 1. The van der Waals surface area contributed by atoms with Crippen LogP contribution in [-0.4, -0.2) is 35.9 Å². The Morgan fingerprint density at radius 1 is 0.865 bits per heavy atom. The minimum absolute atomic E-state index is 0.100. The monoisotopic (exact) mass is 495 g/mol. The van der Waals surface area contributed by atoms with Gasteiger partial charge in [0.15, 0.2) is 23.8 Å². The number of rotatable bonds is 9. The number of para-hydroxylation sites is 3. The summed E-state index contributed by atoms with van der Waals surface area (Å²) in [5.74, 6) is 1.14. The van der Waals surface area contributed by atoms with Gasteiger partial charge < -0.3 is 23.9 Å². The van der Waals surface area contributed by atoms with Crippen molar-refractivity contribution < 1.29 is 24.1 Å². The Bertz CT molecular complexity index is 1590. The van der Waals surface area contributed by atoms with Gasteiger partial charge in [0, 0.05) is 5.39 Å². The van der Waals surface area contributed by atoms with Crippen molar-refractivity contribution in [3.8, 4) is 23.1 Å². The topological polar surface area (TPSA) is 94.6 Å². The summed E-state index contributed by atoms with van der Waals surface area (Å²) in [6.45, 7) is 0.356. The zero-order chi connectivity index (χ0) is 25.6. The van der Waals surface area contributed by atoms with Crippen molar-refractivity contribution in [2.45, 2.75) is 6.54 Å².